The molecule has 1 aliphatic rings. The van der Waals surface area contributed by atoms with Crippen LogP contribution in [0.15, 0.2) is 36.5 Å². The Bertz CT molecular complexity index is 650. The number of nitrogens with zero attached hydrogens (tertiary/aromatic N) is 2. The van der Waals surface area contributed by atoms with Crippen LogP contribution in [0.1, 0.15) is 26.2 Å². The van der Waals surface area contributed by atoms with E-state index in [0.717, 1.165) is 42.1 Å². The van der Waals surface area contributed by atoms with Crippen LogP contribution in [0.4, 0.5) is 5.69 Å². The number of benzene rings is 1. The van der Waals surface area contributed by atoms with E-state index < -0.39 is 0 Å². The number of carbonyl (C=O) groups excluding carboxylic acids is 1. The van der Waals surface area contributed by atoms with Gasteiger partial charge in [-0.15, -0.1) is 0 Å². The van der Waals surface area contributed by atoms with Gasteiger partial charge in [0, 0.05) is 31.1 Å². The van der Waals surface area contributed by atoms with E-state index >= 15 is 0 Å². The Morgan fingerprint density at radius 1 is 1.36 bits per heavy atom. The third-order valence-electron chi connectivity index (χ3n) is 4.30. The van der Waals surface area contributed by atoms with Gasteiger partial charge in [0.25, 0.3) is 0 Å². The largest absolute Gasteiger partial charge is 0.324 e. The predicted octanol–water partition coefficient (Wildman–Crippen LogP) is 3.30. The Morgan fingerprint density at radius 2 is 2.23 bits per heavy atom. The fraction of sp³-hybridized carbons (Fsp3) is 0.444. The molecule has 1 fully saturated rings. The molecule has 1 saturated heterocycles. The topological polar surface area (TPSA) is 45.2 Å². The van der Waals surface area contributed by atoms with Gasteiger partial charge in [-0.3, -0.25) is 9.78 Å². The molecule has 0 radical (unpaired) electrons. The minimum Gasteiger partial charge on any atom is -0.324 e. The van der Waals surface area contributed by atoms with Crippen molar-refractivity contribution in [3.8, 4) is 0 Å². The van der Waals surface area contributed by atoms with Crippen LogP contribution in [-0.2, 0) is 4.79 Å². The first-order chi connectivity index (χ1) is 10.7. The molecule has 1 amide bonds. The number of amides is 1. The molecular weight excluding hydrogens is 274 g/mol. The van der Waals surface area contributed by atoms with Gasteiger partial charge >= 0.3 is 0 Å². The number of pyridine rings is 1. The lowest BCUT2D eigenvalue weighted by atomic mass is 10.0. The van der Waals surface area contributed by atoms with Crippen LogP contribution < -0.4 is 5.32 Å². The summed E-state index contributed by atoms with van der Waals surface area (Å²) in [5.74, 6) is 0.815. The zero-order chi connectivity index (χ0) is 15.4. The molecule has 116 valence electrons. The minimum atomic E-state index is 0.0661. The molecular formula is C18H23N3O. The Morgan fingerprint density at radius 3 is 3.09 bits per heavy atom. The van der Waals surface area contributed by atoms with E-state index in [-0.39, 0.29) is 5.91 Å². The maximum absolute atomic E-state index is 12.2. The molecule has 1 aromatic carbocycles. The van der Waals surface area contributed by atoms with Crippen molar-refractivity contribution in [3.05, 3.63) is 36.5 Å². The van der Waals surface area contributed by atoms with Crippen molar-refractivity contribution in [2.75, 3.05) is 25.0 Å². The number of fused-ring (bicyclic) bond motifs is 1. The monoisotopic (exact) mass is 297 g/mol. The van der Waals surface area contributed by atoms with E-state index in [0.29, 0.717) is 6.42 Å². The number of piperidine rings is 1. The van der Waals surface area contributed by atoms with Crippen molar-refractivity contribution >= 4 is 22.5 Å². The Balaban J connectivity index is 1.59. The summed E-state index contributed by atoms with van der Waals surface area (Å²) in [4.78, 5) is 19.0. The first kappa shape index (κ1) is 15.0. The zero-order valence-corrected chi connectivity index (χ0v) is 13.1. The van der Waals surface area contributed by atoms with Crippen LogP contribution in [0, 0.1) is 5.92 Å². The average molecular weight is 297 g/mol. The van der Waals surface area contributed by atoms with E-state index in [2.05, 4.69) is 22.1 Å². The smallest absolute Gasteiger partial charge is 0.225 e. The Hall–Kier alpha value is -1.94. The minimum absolute atomic E-state index is 0.0661. The fourth-order valence-corrected chi connectivity index (χ4v) is 3.17. The summed E-state index contributed by atoms with van der Waals surface area (Å²) in [6.45, 7) is 5.36. The van der Waals surface area contributed by atoms with Crippen molar-refractivity contribution in [1.82, 2.24) is 9.88 Å². The predicted molar refractivity (Wildman–Crippen MR) is 89.8 cm³/mol. The molecule has 0 spiro atoms. The van der Waals surface area contributed by atoms with Crippen LogP contribution in [0.2, 0.25) is 0 Å². The Labute approximate surface area is 131 Å². The second-order valence-electron chi connectivity index (χ2n) is 6.23. The SMILES string of the molecule is CC1CCCN(CCC(=O)Nc2cccc3cccnc23)C1. The van der Waals surface area contributed by atoms with Gasteiger partial charge in [0.05, 0.1) is 11.2 Å². The van der Waals surface area contributed by atoms with Crippen LogP contribution in [0.25, 0.3) is 10.9 Å². The molecule has 1 aliphatic heterocycles. The number of hydrogen-bond acceptors (Lipinski definition) is 3. The molecule has 0 bridgehead atoms. The zero-order valence-electron chi connectivity index (χ0n) is 13.1. The highest BCUT2D eigenvalue weighted by molar-refractivity contribution is 6.00. The second-order valence-corrected chi connectivity index (χ2v) is 6.23. The number of anilines is 1. The first-order valence-corrected chi connectivity index (χ1v) is 8.08. The van der Waals surface area contributed by atoms with E-state index in [4.69, 9.17) is 0 Å². The van der Waals surface area contributed by atoms with Crippen LogP contribution in [0.5, 0.6) is 0 Å². The van der Waals surface area contributed by atoms with Gasteiger partial charge in [-0.25, -0.2) is 0 Å². The molecule has 2 heterocycles. The fourth-order valence-electron chi connectivity index (χ4n) is 3.17. The van der Waals surface area contributed by atoms with Gasteiger partial charge in [-0.1, -0.05) is 25.1 Å². The maximum Gasteiger partial charge on any atom is 0.225 e. The van der Waals surface area contributed by atoms with E-state index in [9.17, 15) is 4.79 Å². The molecule has 1 unspecified atom stereocenters. The maximum atomic E-state index is 12.2. The molecule has 22 heavy (non-hydrogen) atoms. The number of para-hydroxylation sites is 1. The summed E-state index contributed by atoms with van der Waals surface area (Å²) in [5, 5.41) is 4.05. The molecule has 4 heteroatoms. The first-order valence-electron chi connectivity index (χ1n) is 8.08. The molecule has 3 rings (SSSR count). The second kappa shape index (κ2) is 6.88. The van der Waals surface area contributed by atoms with Crippen molar-refractivity contribution < 1.29 is 4.79 Å². The summed E-state index contributed by atoms with van der Waals surface area (Å²) >= 11 is 0. The lowest BCUT2D eigenvalue weighted by Crippen LogP contribution is -2.36. The summed E-state index contributed by atoms with van der Waals surface area (Å²) in [6, 6.07) is 9.79. The standard InChI is InChI=1S/C18H23N3O/c1-14-5-4-11-21(13-14)12-9-17(22)20-16-8-2-6-15-7-3-10-19-18(15)16/h2-3,6-8,10,14H,4-5,9,11-13H2,1H3,(H,20,22). The van der Waals surface area contributed by atoms with E-state index in [1.807, 2.05) is 30.3 Å². The van der Waals surface area contributed by atoms with Gasteiger partial charge in [0.2, 0.25) is 5.91 Å². The van der Waals surface area contributed by atoms with Crippen LogP contribution in [0.3, 0.4) is 0 Å². The number of rotatable bonds is 4. The number of likely N-dealkylation sites (tertiary alicyclic amines) is 1. The number of nitrogens with one attached hydrogen (secondary N) is 1. The molecule has 4 nitrogen and oxygen atoms in total. The quantitative estimate of drug-likeness (QED) is 0.942. The highest BCUT2D eigenvalue weighted by Crippen LogP contribution is 2.21. The molecule has 1 aromatic heterocycles. The van der Waals surface area contributed by atoms with Crippen LogP contribution >= 0.6 is 0 Å². The normalized spacial score (nSPS) is 19.2. The Kier molecular flexibility index (Phi) is 4.68. The molecule has 0 aliphatic carbocycles. The molecule has 1 N–H and O–H groups in total. The summed E-state index contributed by atoms with van der Waals surface area (Å²) in [7, 11) is 0. The number of hydrogen-bond donors (Lipinski definition) is 1. The third kappa shape index (κ3) is 3.63. The van der Waals surface area contributed by atoms with Gasteiger partial charge in [0.1, 0.15) is 0 Å². The van der Waals surface area contributed by atoms with Crippen molar-refractivity contribution in [2.45, 2.75) is 26.2 Å². The highest BCUT2D eigenvalue weighted by atomic mass is 16.1. The summed E-state index contributed by atoms with van der Waals surface area (Å²) < 4.78 is 0. The van der Waals surface area contributed by atoms with Gasteiger partial charge < -0.3 is 10.2 Å². The van der Waals surface area contributed by atoms with Gasteiger partial charge in [0.15, 0.2) is 0 Å². The van der Waals surface area contributed by atoms with E-state index in [1.165, 1.54) is 12.8 Å². The highest BCUT2D eigenvalue weighted by Gasteiger charge is 2.17. The van der Waals surface area contributed by atoms with Crippen molar-refractivity contribution in [1.29, 1.82) is 0 Å². The lowest BCUT2D eigenvalue weighted by molar-refractivity contribution is -0.116. The van der Waals surface area contributed by atoms with Crippen molar-refractivity contribution in [2.24, 2.45) is 5.92 Å². The van der Waals surface area contributed by atoms with E-state index in [1.54, 1.807) is 6.20 Å². The molecule has 1 atom stereocenters. The van der Waals surface area contributed by atoms with Gasteiger partial charge in [-0.05, 0) is 37.4 Å². The lowest BCUT2D eigenvalue weighted by Gasteiger charge is -2.30. The van der Waals surface area contributed by atoms with Gasteiger partial charge in [-0.2, -0.15) is 0 Å². The third-order valence-corrected chi connectivity index (χ3v) is 4.30. The van der Waals surface area contributed by atoms with Crippen LogP contribution in [-0.4, -0.2) is 35.4 Å². The van der Waals surface area contributed by atoms with Crippen molar-refractivity contribution in [3.63, 3.8) is 0 Å². The number of carbonyl (C=O) groups is 1. The molecule has 2 aromatic rings. The average Bonchev–Trinajstić information content (AvgIpc) is 2.53. The summed E-state index contributed by atoms with van der Waals surface area (Å²) in [5.41, 5.74) is 1.65. The molecule has 0 saturated carbocycles. The summed E-state index contributed by atoms with van der Waals surface area (Å²) in [6.07, 6.45) is 4.85. The number of aromatic nitrogens is 1.